The number of likely N-dealkylation sites (N-methyl/N-ethyl adjacent to an activating group) is 1. The van der Waals surface area contributed by atoms with Gasteiger partial charge in [-0.2, -0.15) is 0 Å². The van der Waals surface area contributed by atoms with E-state index in [0.29, 0.717) is 13.0 Å². The van der Waals surface area contributed by atoms with E-state index in [1.807, 2.05) is 50.5 Å². The Kier molecular flexibility index (Phi) is 6.01. The highest BCUT2D eigenvalue weighted by molar-refractivity contribution is 5.94. The number of benzene rings is 2. The summed E-state index contributed by atoms with van der Waals surface area (Å²) in [6.07, 6.45) is 1.38. The van der Waals surface area contributed by atoms with Crippen LogP contribution in [0.25, 0.3) is 11.1 Å². The van der Waals surface area contributed by atoms with Crippen molar-refractivity contribution in [2.24, 2.45) is 5.92 Å². The van der Waals surface area contributed by atoms with E-state index >= 15 is 0 Å². The third-order valence-electron chi connectivity index (χ3n) is 7.61. The molecule has 1 saturated carbocycles. The van der Waals surface area contributed by atoms with Crippen LogP contribution in [0.4, 0.5) is 4.79 Å². The number of hydrogen-bond donors (Lipinski definition) is 2. The van der Waals surface area contributed by atoms with Gasteiger partial charge in [0.1, 0.15) is 18.2 Å². The molecule has 0 bridgehead atoms. The standard InChI is InChI=1S/C27H31N3O5/c1-29(2)15-23(24(31)30-13-7-8-17-14-27(17,30)25(32)33)28-26(34)35-16-22-20-11-5-3-9-18(20)19-10-4-6-12-21(19)22/h3-6,9-12,17,22-23H,7-8,13-16H2,1-2H3,(H,28,34)(H,32,33)/t17-,23+,27+/m1/s1. The Hall–Kier alpha value is -3.39. The maximum Gasteiger partial charge on any atom is 0.407 e. The number of piperidine rings is 1. The maximum atomic E-state index is 13.5. The number of carbonyl (C=O) groups is 3. The van der Waals surface area contributed by atoms with Gasteiger partial charge >= 0.3 is 12.1 Å². The number of carboxylic acid groups (broad SMARTS) is 1. The summed E-state index contributed by atoms with van der Waals surface area (Å²) < 4.78 is 5.64. The van der Waals surface area contributed by atoms with Crippen LogP contribution in [0.1, 0.15) is 36.3 Å². The van der Waals surface area contributed by atoms with E-state index in [1.165, 1.54) is 4.90 Å². The van der Waals surface area contributed by atoms with Crippen LogP contribution in [0.2, 0.25) is 0 Å². The van der Waals surface area contributed by atoms with Crippen molar-refractivity contribution in [3.8, 4) is 11.1 Å². The van der Waals surface area contributed by atoms with Crippen molar-refractivity contribution in [1.29, 1.82) is 0 Å². The SMILES string of the molecule is CN(C)C[C@H](NC(=O)OCC1c2ccccc2-c2ccccc21)C(=O)N1CCC[C@@H]2C[C@@]21C(=O)O. The van der Waals surface area contributed by atoms with Crippen molar-refractivity contribution in [3.63, 3.8) is 0 Å². The Balaban J connectivity index is 1.29. The number of amides is 2. The van der Waals surface area contributed by atoms with Crippen molar-refractivity contribution in [2.75, 3.05) is 33.8 Å². The average molecular weight is 478 g/mol. The first-order chi connectivity index (χ1) is 16.8. The van der Waals surface area contributed by atoms with E-state index in [9.17, 15) is 19.5 Å². The lowest BCUT2D eigenvalue weighted by molar-refractivity contribution is -0.155. The van der Waals surface area contributed by atoms with Gasteiger partial charge in [-0.1, -0.05) is 48.5 Å². The Labute approximate surface area is 204 Å². The summed E-state index contributed by atoms with van der Waals surface area (Å²) in [6, 6.07) is 15.3. The molecule has 1 aliphatic heterocycles. The maximum absolute atomic E-state index is 13.5. The smallest absolute Gasteiger partial charge is 0.407 e. The zero-order valence-corrected chi connectivity index (χ0v) is 20.1. The monoisotopic (exact) mass is 477 g/mol. The second kappa shape index (κ2) is 9.00. The Morgan fingerprint density at radius 2 is 1.74 bits per heavy atom. The van der Waals surface area contributed by atoms with Gasteiger partial charge in [0, 0.05) is 19.0 Å². The molecule has 8 heteroatoms. The molecule has 3 aliphatic rings. The molecule has 1 saturated heterocycles. The normalized spacial score (nSPS) is 23.2. The zero-order valence-electron chi connectivity index (χ0n) is 20.1. The molecule has 0 aromatic heterocycles. The first kappa shape index (κ1) is 23.4. The number of aliphatic carboxylic acids is 1. The molecule has 8 nitrogen and oxygen atoms in total. The molecule has 2 aliphatic carbocycles. The molecule has 2 fully saturated rings. The molecular formula is C27H31N3O5. The highest BCUT2D eigenvalue weighted by Crippen LogP contribution is 2.54. The molecule has 0 spiro atoms. The van der Waals surface area contributed by atoms with Crippen LogP contribution in [-0.4, -0.2) is 78.2 Å². The molecule has 1 heterocycles. The summed E-state index contributed by atoms with van der Waals surface area (Å²) in [6.45, 7) is 0.783. The van der Waals surface area contributed by atoms with E-state index in [4.69, 9.17) is 4.74 Å². The molecule has 2 aromatic rings. The van der Waals surface area contributed by atoms with Gasteiger partial charge in [0.2, 0.25) is 5.91 Å². The van der Waals surface area contributed by atoms with E-state index in [-0.39, 0.29) is 30.9 Å². The third-order valence-corrected chi connectivity index (χ3v) is 7.61. The van der Waals surface area contributed by atoms with E-state index in [1.54, 1.807) is 4.90 Å². The minimum absolute atomic E-state index is 0.00726. The number of rotatable bonds is 7. The molecule has 2 amide bonds. The number of fused-ring (bicyclic) bond motifs is 4. The summed E-state index contributed by atoms with van der Waals surface area (Å²) in [4.78, 5) is 41.6. The number of nitrogens with zero attached hydrogens (tertiary/aromatic N) is 2. The van der Waals surface area contributed by atoms with Crippen LogP contribution < -0.4 is 5.32 Å². The fourth-order valence-electron chi connectivity index (χ4n) is 5.89. The predicted octanol–water partition coefficient (Wildman–Crippen LogP) is 2.92. The zero-order chi connectivity index (χ0) is 24.7. The lowest BCUT2D eigenvalue weighted by atomic mass is 9.98. The third kappa shape index (κ3) is 4.05. The second-order valence-corrected chi connectivity index (χ2v) is 10.0. The number of carboxylic acids is 1. The van der Waals surface area contributed by atoms with Gasteiger partial charge in [0.05, 0.1) is 0 Å². The molecule has 5 rings (SSSR count). The van der Waals surface area contributed by atoms with Gasteiger partial charge in [0.15, 0.2) is 0 Å². The van der Waals surface area contributed by atoms with Crippen molar-refractivity contribution in [2.45, 2.75) is 36.8 Å². The van der Waals surface area contributed by atoms with Crippen molar-refractivity contribution in [1.82, 2.24) is 15.1 Å². The van der Waals surface area contributed by atoms with E-state index in [0.717, 1.165) is 35.1 Å². The minimum atomic E-state index is -1.12. The molecule has 184 valence electrons. The first-order valence-corrected chi connectivity index (χ1v) is 12.1. The van der Waals surface area contributed by atoms with Crippen LogP contribution in [-0.2, 0) is 14.3 Å². The molecular weight excluding hydrogens is 446 g/mol. The molecule has 35 heavy (non-hydrogen) atoms. The number of hydrogen-bond acceptors (Lipinski definition) is 5. The van der Waals surface area contributed by atoms with Gasteiger partial charge in [-0.25, -0.2) is 9.59 Å². The van der Waals surface area contributed by atoms with E-state index in [2.05, 4.69) is 17.4 Å². The van der Waals surface area contributed by atoms with Crippen molar-refractivity contribution < 1.29 is 24.2 Å². The first-order valence-electron chi connectivity index (χ1n) is 12.1. The van der Waals surface area contributed by atoms with E-state index < -0.39 is 23.6 Å². The van der Waals surface area contributed by atoms with Crippen LogP contribution in [0.3, 0.4) is 0 Å². The number of nitrogens with one attached hydrogen (secondary N) is 1. The van der Waals surface area contributed by atoms with Gasteiger partial charge in [-0.15, -0.1) is 0 Å². The summed E-state index contributed by atoms with van der Waals surface area (Å²) in [7, 11) is 3.62. The topological polar surface area (TPSA) is 99.2 Å². The van der Waals surface area contributed by atoms with Gasteiger partial charge < -0.3 is 25.0 Å². The fraction of sp³-hybridized carbons (Fsp3) is 0.444. The Morgan fingerprint density at radius 1 is 1.11 bits per heavy atom. The van der Waals surface area contributed by atoms with Crippen LogP contribution in [0.5, 0.6) is 0 Å². The molecule has 0 radical (unpaired) electrons. The highest BCUT2D eigenvalue weighted by atomic mass is 16.5. The lowest BCUT2D eigenvalue weighted by Gasteiger charge is -2.36. The molecule has 3 atom stereocenters. The summed E-state index contributed by atoms with van der Waals surface area (Å²) in [5.74, 6) is -1.41. The number of likely N-dealkylation sites (tertiary alicyclic amines) is 1. The van der Waals surface area contributed by atoms with Gasteiger partial charge in [-0.05, 0) is 61.5 Å². The number of ether oxygens (including phenoxy) is 1. The number of alkyl carbamates (subject to hydrolysis) is 1. The second-order valence-electron chi connectivity index (χ2n) is 10.0. The lowest BCUT2D eigenvalue weighted by Crippen LogP contribution is -2.59. The largest absolute Gasteiger partial charge is 0.479 e. The van der Waals surface area contributed by atoms with Crippen molar-refractivity contribution in [3.05, 3.63) is 59.7 Å². The summed E-state index contributed by atoms with van der Waals surface area (Å²) in [5, 5.41) is 12.6. The molecule has 2 aromatic carbocycles. The quantitative estimate of drug-likeness (QED) is 0.636. The van der Waals surface area contributed by atoms with Crippen LogP contribution in [0, 0.1) is 5.92 Å². The molecule has 2 N–H and O–H groups in total. The fourth-order valence-corrected chi connectivity index (χ4v) is 5.89. The van der Waals surface area contributed by atoms with Crippen LogP contribution in [0.15, 0.2) is 48.5 Å². The number of carbonyl (C=O) groups excluding carboxylic acids is 2. The van der Waals surface area contributed by atoms with Gasteiger partial charge in [-0.3, -0.25) is 4.79 Å². The highest BCUT2D eigenvalue weighted by Gasteiger charge is 2.67. The summed E-state index contributed by atoms with van der Waals surface area (Å²) >= 11 is 0. The summed E-state index contributed by atoms with van der Waals surface area (Å²) in [5.41, 5.74) is 3.38. The Bertz CT molecular complexity index is 1120. The van der Waals surface area contributed by atoms with Gasteiger partial charge in [0.25, 0.3) is 0 Å². The van der Waals surface area contributed by atoms with Crippen molar-refractivity contribution >= 4 is 18.0 Å². The average Bonchev–Trinajstić information content (AvgIpc) is 3.53. The Morgan fingerprint density at radius 3 is 2.34 bits per heavy atom. The van der Waals surface area contributed by atoms with Crippen LogP contribution >= 0.6 is 0 Å². The molecule has 0 unspecified atom stereocenters. The minimum Gasteiger partial charge on any atom is -0.479 e. The predicted molar refractivity (Wildman–Crippen MR) is 130 cm³/mol.